The van der Waals surface area contributed by atoms with E-state index in [0.717, 1.165) is 5.56 Å². The average Bonchev–Trinajstić information content (AvgIpc) is 2.51. The molecular formula is C12H14N2O2S. The predicted molar refractivity (Wildman–Crippen MR) is 69.7 cm³/mol. The molecule has 1 heterocycles. The predicted octanol–water partition coefficient (Wildman–Crippen LogP) is 2.14. The highest BCUT2D eigenvalue weighted by molar-refractivity contribution is 7.92. The smallest absolute Gasteiger partial charge is 0.239 e. The van der Waals surface area contributed by atoms with Gasteiger partial charge in [-0.3, -0.25) is 4.99 Å². The van der Waals surface area contributed by atoms with Gasteiger partial charge in [0.15, 0.2) is 0 Å². The van der Waals surface area contributed by atoms with Crippen LogP contribution in [-0.4, -0.2) is 20.4 Å². The summed E-state index contributed by atoms with van der Waals surface area (Å²) in [5.41, 5.74) is 1.45. The van der Waals surface area contributed by atoms with Crippen LogP contribution in [-0.2, 0) is 10.0 Å². The second-order valence-corrected chi connectivity index (χ2v) is 5.71. The first-order chi connectivity index (χ1) is 8.15. The van der Waals surface area contributed by atoms with Gasteiger partial charge in [-0.1, -0.05) is 25.1 Å². The Bertz CT molecular complexity index is 562. The second kappa shape index (κ2) is 4.71. The van der Waals surface area contributed by atoms with Crippen molar-refractivity contribution in [3.63, 3.8) is 0 Å². The number of hydrogen-bond acceptors (Lipinski definition) is 3. The van der Waals surface area contributed by atoms with Crippen LogP contribution in [0.3, 0.4) is 0 Å². The van der Waals surface area contributed by atoms with E-state index in [1.165, 1.54) is 16.7 Å². The number of fused-ring (bicyclic) bond motifs is 1. The van der Waals surface area contributed by atoms with Gasteiger partial charge >= 0.3 is 0 Å². The number of nitrogens with zero attached hydrogens (tertiary/aromatic N) is 2. The SMILES string of the molecule is CCCS(=O)(=O)N1C=CN=Cc2ccccc21. The maximum Gasteiger partial charge on any atom is 0.239 e. The van der Waals surface area contributed by atoms with Gasteiger partial charge in [0, 0.05) is 24.2 Å². The minimum absolute atomic E-state index is 0.131. The van der Waals surface area contributed by atoms with Crippen LogP contribution < -0.4 is 4.31 Å². The summed E-state index contributed by atoms with van der Waals surface area (Å²) in [6.07, 6.45) is 5.24. The Labute approximate surface area is 101 Å². The highest BCUT2D eigenvalue weighted by Crippen LogP contribution is 2.24. The maximum atomic E-state index is 12.1. The van der Waals surface area contributed by atoms with Gasteiger partial charge in [-0.2, -0.15) is 0 Å². The van der Waals surface area contributed by atoms with Crippen molar-refractivity contribution in [3.8, 4) is 0 Å². The molecule has 0 atom stereocenters. The van der Waals surface area contributed by atoms with Crippen molar-refractivity contribution in [2.45, 2.75) is 13.3 Å². The molecule has 1 aliphatic rings. The Balaban J connectivity index is 2.51. The molecule has 0 saturated carbocycles. The lowest BCUT2D eigenvalue weighted by atomic mass is 10.2. The van der Waals surface area contributed by atoms with Crippen LogP contribution in [0.1, 0.15) is 18.9 Å². The fraction of sp³-hybridized carbons (Fsp3) is 0.250. The standard InChI is InChI=1S/C12H14N2O2S/c1-2-9-17(15,16)14-8-7-13-10-11-5-3-4-6-12(11)14/h3-8,10H,2,9H2,1H3. The highest BCUT2D eigenvalue weighted by Gasteiger charge is 2.21. The van der Waals surface area contributed by atoms with Gasteiger partial charge < -0.3 is 0 Å². The average molecular weight is 250 g/mol. The van der Waals surface area contributed by atoms with Crippen LogP contribution in [0.25, 0.3) is 0 Å². The number of anilines is 1. The summed E-state index contributed by atoms with van der Waals surface area (Å²) in [7, 11) is -3.30. The zero-order chi connectivity index (χ0) is 12.3. The largest absolute Gasteiger partial charge is 0.262 e. The molecule has 0 radical (unpaired) electrons. The molecule has 1 aromatic carbocycles. The zero-order valence-electron chi connectivity index (χ0n) is 9.57. The fourth-order valence-electron chi connectivity index (χ4n) is 1.70. The van der Waals surface area contributed by atoms with Crippen LogP contribution in [0.2, 0.25) is 0 Å². The minimum atomic E-state index is -3.30. The summed E-state index contributed by atoms with van der Waals surface area (Å²) in [4.78, 5) is 4.02. The van der Waals surface area contributed by atoms with Crippen LogP contribution in [0.5, 0.6) is 0 Å². The normalized spacial score (nSPS) is 14.5. The van der Waals surface area contributed by atoms with E-state index in [0.29, 0.717) is 12.1 Å². The molecule has 5 heteroatoms. The van der Waals surface area contributed by atoms with Crippen LogP contribution in [0.15, 0.2) is 41.7 Å². The van der Waals surface area contributed by atoms with E-state index in [1.807, 2.05) is 25.1 Å². The lowest BCUT2D eigenvalue weighted by Crippen LogP contribution is -2.28. The first-order valence-electron chi connectivity index (χ1n) is 5.46. The molecule has 0 spiro atoms. The van der Waals surface area contributed by atoms with Crippen molar-refractivity contribution in [1.82, 2.24) is 0 Å². The van der Waals surface area contributed by atoms with Gasteiger partial charge in [0.05, 0.1) is 11.4 Å². The minimum Gasteiger partial charge on any atom is -0.262 e. The Hall–Kier alpha value is -1.62. The number of hydrogen-bond donors (Lipinski definition) is 0. The topological polar surface area (TPSA) is 49.7 Å². The van der Waals surface area contributed by atoms with Crippen molar-refractivity contribution in [2.24, 2.45) is 4.99 Å². The van der Waals surface area contributed by atoms with Crippen LogP contribution >= 0.6 is 0 Å². The van der Waals surface area contributed by atoms with E-state index in [-0.39, 0.29) is 5.75 Å². The van der Waals surface area contributed by atoms with Crippen molar-refractivity contribution < 1.29 is 8.42 Å². The molecule has 0 bridgehead atoms. The lowest BCUT2D eigenvalue weighted by molar-refractivity contribution is 0.594. The molecule has 2 rings (SSSR count). The Morgan fingerprint density at radius 3 is 2.82 bits per heavy atom. The number of rotatable bonds is 3. The molecule has 0 amide bonds. The van der Waals surface area contributed by atoms with Gasteiger partial charge in [-0.15, -0.1) is 0 Å². The van der Waals surface area contributed by atoms with Gasteiger partial charge in [0.2, 0.25) is 10.0 Å². The van der Waals surface area contributed by atoms with E-state index >= 15 is 0 Å². The summed E-state index contributed by atoms with van der Waals surface area (Å²) in [6.45, 7) is 1.85. The molecule has 90 valence electrons. The zero-order valence-corrected chi connectivity index (χ0v) is 10.4. The molecule has 17 heavy (non-hydrogen) atoms. The third kappa shape index (κ3) is 2.39. The van der Waals surface area contributed by atoms with Gasteiger partial charge in [-0.05, 0) is 12.5 Å². The van der Waals surface area contributed by atoms with Crippen molar-refractivity contribution in [1.29, 1.82) is 0 Å². The van der Waals surface area contributed by atoms with Crippen LogP contribution in [0, 0.1) is 0 Å². The first-order valence-corrected chi connectivity index (χ1v) is 7.07. The highest BCUT2D eigenvalue weighted by atomic mass is 32.2. The molecule has 0 N–H and O–H groups in total. The molecule has 0 saturated heterocycles. The maximum absolute atomic E-state index is 12.1. The second-order valence-electron chi connectivity index (χ2n) is 3.75. The third-order valence-corrected chi connectivity index (χ3v) is 4.28. The summed E-state index contributed by atoms with van der Waals surface area (Å²) >= 11 is 0. The van der Waals surface area contributed by atoms with Gasteiger partial charge in [0.25, 0.3) is 0 Å². The van der Waals surface area contributed by atoms with Crippen molar-refractivity contribution in [3.05, 3.63) is 42.2 Å². The quantitative estimate of drug-likeness (QED) is 0.825. The molecule has 0 aromatic heterocycles. The van der Waals surface area contributed by atoms with E-state index in [2.05, 4.69) is 4.99 Å². The Morgan fingerprint density at radius 2 is 2.06 bits per heavy atom. The molecular weight excluding hydrogens is 236 g/mol. The number of para-hydroxylation sites is 1. The summed E-state index contributed by atoms with van der Waals surface area (Å²) < 4.78 is 25.5. The molecule has 1 aromatic rings. The van der Waals surface area contributed by atoms with Gasteiger partial charge in [-0.25, -0.2) is 12.7 Å². The molecule has 0 fully saturated rings. The van der Waals surface area contributed by atoms with E-state index in [4.69, 9.17) is 0 Å². The van der Waals surface area contributed by atoms with E-state index in [1.54, 1.807) is 12.3 Å². The fourth-order valence-corrected chi connectivity index (χ4v) is 3.12. The molecule has 1 aliphatic heterocycles. The summed E-state index contributed by atoms with van der Waals surface area (Å²) in [6, 6.07) is 7.31. The van der Waals surface area contributed by atoms with E-state index < -0.39 is 10.0 Å². The lowest BCUT2D eigenvalue weighted by Gasteiger charge is -2.20. The molecule has 0 aliphatic carbocycles. The van der Waals surface area contributed by atoms with Crippen LogP contribution in [0.4, 0.5) is 5.69 Å². The van der Waals surface area contributed by atoms with E-state index in [9.17, 15) is 8.42 Å². The number of sulfonamides is 1. The summed E-state index contributed by atoms with van der Waals surface area (Å²) in [5.74, 6) is 0.131. The molecule has 0 unspecified atom stereocenters. The van der Waals surface area contributed by atoms with Gasteiger partial charge in [0.1, 0.15) is 0 Å². The Morgan fingerprint density at radius 1 is 1.29 bits per heavy atom. The Kier molecular flexibility index (Phi) is 3.28. The third-order valence-electron chi connectivity index (χ3n) is 2.44. The number of benzene rings is 1. The first kappa shape index (κ1) is 11.9. The van der Waals surface area contributed by atoms with Crippen molar-refractivity contribution >= 4 is 21.9 Å². The molecule has 4 nitrogen and oxygen atoms in total. The monoisotopic (exact) mass is 250 g/mol. The summed E-state index contributed by atoms with van der Waals surface area (Å²) in [5, 5.41) is 0. The number of aliphatic imine (C=N–C) groups is 1. The van der Waals surface area contributed by atoms with Crippen molar-refractivity contribution in [2.75, 3.05) is 10.1 Å².